The molecule has 1 aliphatic heterocycles. The number of rotatable bonds is 5. The molecule has 0 radical (unpaired) electrons. The van der Waals surface area contributed by atoms with Crippen LogP contribution in [0, 0.1) is 0 Å². The van der Waals surface area contributed by atoms with Crippen molar-refractivity contribution in [3.05, 3.63) is 59.1 Å². The van der Waals surface area contributed by atoms with Gasteiger partial charge in [0.2, 0.25) is 10.0 Å². The SMILES string of the molecule is CCNC(=NCc1cccc(S(N)(=O)=O)c1)N1CCN(c2ccccc2Cl)CC1.I. The van der Waals surface area contributed by atoms with Crippen LogP contribution in [0.1, 0.15) is 12.5 Å². The van der Waals surface area contributed by atoms with Gasteiger partial charge >= 0.3 is 0 Å². The Kier molecular flexibility index (Phi) is 9.20. The van der Waals surface area contributed by atoms with Gasteiger partial charge in [0, 0.05) is 32.7 Å². The molecule has 10 heteroatoms. The zero-order chi connectivity index (χ0) is 20.9. The maximum atomic E-state index is 11.6. The number of guanidine groups is 1. The normalized spacial score (nSPS) is 15.0. The number of sulfonamides is 1. The van der Waals surface area contributed by atoms with E-state index in [1.165, 1.54) is 6.07 Å². The highest BCUT2D eigenvalue weighted by Gasteiger charge is 2.21. The van der Waals surface area contributed by atoms with E-state index in [0.29, 0.717) is 6.54 Å². The Morgan fingerprint density at radius 1 is 1.13 bits per heavy atom. The predicted octanol–water partition coefficient (Wildman–Crippen LogP) is 2.89. The number of aliphatic imine (C=N–C) groups is 1. The lowest BCUT2D eigenvalue weighted by Crippen LogP contribution is -2.52. The fourth-order valence-corrected chi connectivity index (χ4v) is 4.12. The third-order valence-electron chi connectivity index (χ3n) is 4.75. The van der Waals surface area contributed by atoms with Crippen molar-refractivity contribution >= 4 is 57.2 Å². The largest absolute Gasteiger partial charge is 0.367 e. The summed E-state index contributed by atoms with van der Waals surface area (Å²) in [6.07, 6.45) is 0. The first kappa shape index (κ1) is 24.7. The summed E-state index contributed by atoms with van der Waals surface area (Å²) in [5.74, 6) is 0.812. The molecule has 0 amide bonds. The molecule has 0 spiro atoms. The molecule has 1 heterocycles. The predicted molar refractivity (Wildman–Crippen MR) is 133 cm³/mol. The van der Waals surface area contributed by atoms with Gasteiger partial charge in [0.1, 0.15) is 0 Å². The van der Waals surface area contributed by atoms with Gasteiger partial charge in [-0.2, -0.15) is 0 Å². The second-order valence-corrected chi connectivity index (χ2v) is 8.76. The molecule has 3 rings (SSSR count). The molecule has 2 aromatic rings. The fraction of sp³-hybridized carbons (Fsp3) is 0.350. The van der Waals surface area contributed by atoms with Gasteiger partial charge in [-0.05, 0) is 36.8 Å². The number of hydrogen-bond donors (Lipinski definition) is 2. The van der Waals surface area contributed by atoms with E-state index < -0.39 is 10.0 Å². The number of benzene rings is 2. The van der Waals surface area contributed by atoms with Crippen LogP contribution in [-0.4, -0.2) is 52.0 Å². The van der Waals surface area contributed by atoms with Crippen molar-refractivity contribution in [1.29, 1.82) is 0 Å². The molecule has 2 aromatic carbocycles. The molecule has 7 nitrogen and oxygen atoms in total. The number of anilines is 1. The average Bonchev–Trinajstić information content (AvgIpc) is 2.71. The lowest BCUT2D eigenvalue weighted by Gasteiger charge is -2.38. The monoisotopic (exact) mass is 563 g/mol. The highest BCUT2D eigenvalue weighted by atomic mass is 127. The number of nitrogens with one attached hydrogen (secondary N) is 1. The summed E-state index contributed by atoms with van der Waals surface area (Å²) < 4.78 is 23.1. The second kappa shape index (κ2) is 11.2. The van der Waals surface area contributed by atoms with Gasteiger partial charge in [-0.3, -0.25) is 0 Å². The van der Waals surface area contributed by atoms with Crippen LogP contribution < -0.4 is 15.4 Å². The highest BCUT2D eigenvalue weighted by molar-refractivity contribution is 14.0. The van der Waals surface area contributed by atoms with E-state index >= 15 is 0 Å². The number of nitrogens with zero attached hydrogens (tertiary/aromatic N) is 3. The third kappa shape index (κ3) is 6.47. The summed E-state index contributed by atoms with van der Waals surface area (Å²) in [6.45, 7) is 6.46. The fourth-order valence-electron chi connectivity index (χ4n) is 3.28. The van der Waals surface area contributed by atoms with Crippen LogP contribution in [-0.2, 0) is 16.6 Å². The van der Waals surface area contributed by atoms with Gasteiger partial charge in [0.15, 0.2) is 5.96 Å². The quantitative estimate of drug-likeness (QED) is 0.332. The number of halogens is 2. The van der Waals surface area contributed by atoms with E-state index in [1.54, 1.807) is 12.1 Å². The Bertz CT molecular complexity index is 979. The number of primary sulfonamides is 1. The van der Waals surface area contributed by atoms with E-state index in [4.69, 9.17) is 21.7 Å². The van der Waals surface area contributed by atoms with Gasteiger partial charge in [-0.15, -0.1) is 24.0 Å². The summed E-state index contributed by atoms with van der Waals surface area (Å²) in [7, 11) is -3.72. The molecule has 164 valence electrons. The van der Waals surface area contributed by atoms with Crippen molar-refractivity contribution in [3.63, 3.8) is 0 Å². The second-order valence-electron chi connectivity index (χ2n) is 6.79. The molecule has 0 aromatic heterocycles. The van der Waals surface area contributed by atoms with Crippen molar-refractivity contribution in [2.75, 3.05) is 37.6 Å². The minimum absolute atomic E-state index is 0. The summed E-state index contributed by atoms with van der Waals surface area (Å²) in [6, 6.07) is 14.5. The van der Waals surface area contributed by atoms with Gasteiger partial charge in [0.05, 0.1) is 22.2 Å². The van der Waals surface area contributed by atoms with Gasteiger partial charge in [0.25, 0.3) is 0 Å². The zero-order valence-electron chi connectivity index (χ0n) is 16.8. The molecule has 0 unspecified atom stereocenters. The van der Waals surface area contributed by atoms with E-state index in [9.17, 15) is 8.42 Å². The molecule has 0 saturated carbocycles. The van der Waals surface area contributed by atoms with Crippen LogP contribution in [0.2, 0.25) is 5.02 Å². The summed E-state index contributed by atoms with van der Waals surface area (Å²) >= 11 is 6.33. The number of piperazine rings is 1. The summed E-state index contributed by atoms with van der Waals surface area (Å²) in [4.78, 5) is 9.28. The Labute approximate surface area is 200 Å². The molecule has 30 heavy (non-hydrogen) atoms. The van der Waals surface area contributed by atoms with Crippen LogP contribution in [0.5, 0.6) is 0 Å². The van der Waals surface area contributed by atoms with Crippen LogP contribution in [0.4, 0.5) is 5.69 Å². The maximum absolute atomic E-state index is 11.6. The molecule has 0 aliphatic carbocycles. The number of nitrogens with two attached hydrogens (primary N) is 1. The Morgan fingerprint density at radius 2 is 1.83 bits per heavy atom. The molecule has 3 N–H and O–H groups in total. The first-order valence-corrected chi connectivity index (χ1v) is 11.5. The van der Waals surface area contributed by atoms with Gasteiger partial charge in [-0.1, -0.05) is 35.9 Å². The van der Waals surface area contributed by atoms with Crippen LogP contribution in [0.3, 0.4) is 0 Å². The topological polar surface area (TPSA) is 91.0 Å². The Hall–Kier alpha value is -1.56. The molecule has 1 saturated heterocycles. The lowest BCUT2D eigenvalue weighted by molar-refractivity contribution is 0.372. The summed E-state index contributed by atoms with van der Waals surface area (Å²) in [5, 5.41) is 9.30. The van der Waals surface area contributed by atoms with Gasteiger partial charge < -0.3 is 15.1 Å². The van der Waals surface area contributed by atoms with Crippen molar-refractivity contribution < 1.29 is 8.42 Å². The van der Waals surface area contributed by atoms with Gasteiger partial charge in [-0.25, -0.2) is 18.5 Å². The van der Waals surface area contributed by atoms with Crippen molar-refractivity contribution in [2.45, 2.75) is 18.4 Å². The first-order valence-electron chi connectivity index (χ1n) is 9.53. The Balaban J connectivity index is 0.00000320. The molecular formula is C20H27ClIN5O2S. The maximum Gasteiger partial charge on any atom is 0.238 e. The van der Waals surface area contributed by atoms with Crippen LogP contribution in [0.15, 0.2) is 58.4 Å². The first-order chi connectivity index (χ1) is 13.9. The minimum Gasteiger partial charge on any atom is -0.367 e. The van der Waals surface area contributed by atoms with E-state index in [1.807, 2.05) is 37.3 Å². The molecule has 1 fully saturated rings. The van der Waals surface area contributed by atoms with E-state index in [2.05, 4.69) is 15.1 Å². The van der Waals surface area contributed by atoms with Crippen molar-refractivity contribution in [3.8, 4) is 0 Å². The average molecular weight is 564 g/mol. The molecular weight excluding hydrogens is 537 g/mol. The van der Waals surface area contributed by atoms with Crippen molar-refractivity contribution in [2.24, 2.45) is 10.1 Å². The number of hydrogen-bond acceptors (Lipinski definition) is 4. The Morgan fingerprint density at radius 3 is 2.47 bits per heavy atom. The molecule has 0 atom stereocenters. The molecule has 1 aliphatic rings. The lowest BCUT2D eigenvalue weighted by atomic mass is 10.2. The smallest absolute Gasteiger partial charge is 0.238 e. The van der Waals surface area contributed by atoms with E-state index in [-0.39, 0.29) is 28.9 Å². The minimum atomic E-state index is -3.72. The zero-order valence-corrected chi connectivity index (χ0v) is 20.7. The van der Waals surface area contributed by atoms with Crippen LogP contribution >= 0.6 is 35.6 Å². The highest BCUT2D eigenvalue weighted by Crippen LogP contribution is 2.26. The third-order valence-corrected chi connectivity index (χ3v) is 5.98. The number of para-hydroxylation sites is 1. The van der Waals surface area contributed by atoms with Crippen molar-refractivity contribution in [1.82, 2.24) is 10.2 Å². The van der Waals surface area contributed by atoms with Crippen LogP contribution in [0.25, 0.3) is 0 Å². The standard InChI is InChI=1S/C20H26ClN5O2S.HI/c1-2-23-20(24-15-16-6-5-7-17(14-16)29(22,27)28)26-12-10-25(11-13-26)19-9-4-3-8-18(19)21;/h3-9,14H,2,10-13,15H2,1H3,(H,23,24)(H2,22,27,28);1H. The molecule has 0 bridgehead atoms. The van der Waals surface area contributed by atoms with E-state index in [0.717, 1.165) is 55.0 Å². The summed E-state index contributed by atoms with van der Waals surface area (Å²) in [5.41, 5.74) is 1.84.